The predicted octanol–water partition coefficient (Wildman–Crippen LogP) is 3.19. The monoisotopic (exact) mass is 295 g/mol. The second-order valence-electron chi connectivity index (χ2n) is 5.30. The van der Waals surface area contributed by atoms with E-state index >= 15 is 0 Å². The first-order chi connectivity index (χ1) is 9.50. The molecular weight excluding hydrogens is 274 g/mol. The Bertz CT molecular complexity index is 595. The summed E-state index contributed by atoms with van der Waals surface area (Å²) in [6.45, 7) is 3.95. The smallest absolute Gasteiger partial charge is 0.268 e. The standard InChI is InChI=1S/C15H21NO3S/c1-3-4-5-6-9-12(2)16-15(17)13-10-7-8-11-14(13)20(16,18)19/h7-8,10-12H,3-6,9H2,1-2H3. The Labute approximate surface area is 120 Å². The molecule has 1 heterocycles. The SMILES string of the molecule is CCCCCCC(C)N1C(=O)c2ccccc2S1(=O)=O. The fraction of sp³-hybridized carbons (Fsp3) is 0.533. The van der Waals surface area contributed by atoms with E-state index < -0.39 is 10.0 Å². The largest absolute Gasteiger partial charge is 0.269 e. The first kappa shape index (κ1) is 15.0. The van der Waals surface area contributed by atoms with E-state index in [4.69, 9.17) is 0 Å². The number of nitrogens with zero attached hydrogens (tertiary/aromatic N) is 1. The lowest BCUT2D eigenvalue weighted by Crippen LogP contribution is -2.38. The number of hydrogen-bond donors (Lipinski definition) is 0. The predicted molar refractivity (Wildman–Crippen MR) is 78.0 cm³/mol. The van der Waals surface area contributed by atoms with Gasteiger partial charge in [0.1, 0.15) is 4.90 Å². The van der Waals surface area contributed by atoms with Crippen LogP contribution in [0.5, 0.6) is 0 Å². The zero-order valence-electron chi connectivity index (χ0n) is 12.0. The van der Waals surface area contributed by atoms with Crippen molar-refractivity contribution in [2.45, 2.75) is 56.9 Å². The van der Waals surface area contributed by atoms with E-state index in [1.165, 1.54) is 6.07 Å². The van der Waals surface area contributed by atoms with E-state index in [0.29, 0.717) is 5.56 Å². The Balaban J connectivity index is 2.16. The van der Waals surface area contributed by atoms with Gasteiger partial charge < -0.3 is 0 Å². The summed E-state index contributed by atoms with van der Waals surface area (Å²) in [5.74, 6) is -0.386. The summed E-state index contributed by atoms with van der Waals surface area (Å²) in [6, 6.07) is 6.16. The number of fused-ring (bicyclic) bond motifs is 1. The van der Waals surface area contributed by atoms with Gasteiger partial charge in [-0.15, -0.1) is 0 Å². The number of unbranched alkanes of at least 4 members (excludes halogenated alkanes) is 3. The van der Waals surface area contributed by atoms with Gasteiger partial charge in [-0.25, -0.2) is 12.7 Å². The molecule has 1 aliphatic heterocycles. The molecule has 1 aliphatic rings. The van der Waals surface area contributed by atoms with Crippen LogP contribution in [0.15, 0.2) is 29.2 Å². The Kier molecular flexibility index (Phi) is 4.48. The summed E-state index contributed by atoms with van der Waals surface area (Å²) in [5, 5.41) is 0. The highest BCUT2D eigenvalue weighted by molar-refractivity contribution is 7.90. The van der Waals surface area contributed by atoms with E-state index in [2.05, 4.69) is 6.92 Å². The van der Waals surface area contributed by atoms with Crippen molar-refractivity contribution >= 4 is 15.9 Å². The molecule has 0 saturated carbocycles. The van der Waals surface area contributed by atoms with Crippen molar-refractivity contribution in [3.8, 4) is 0 Å². The highest BCUT2D eigenvalue weighted by atomic mass is 32.2. The maximum absolute atomic E-state index is 12.4. The van der Waals surface area contributed by atoms with Crippen molar-refractivity contribution in [1.82, 2.24) is 4.31 Å². The molecule has 0 saturated heterocycles. The zero-order chi connectivity index (χ0) is 14.8. The quantitative estimate of drug-likeness (QED) is 0.757. The van der Waals surface area contributed by atoms with Crippen LogP contribution in [0, 0.1) is 0 Å². The number of carbonyl (C=O) groups excluding carboxylic acids is 1. The maximum Gasteiger partial charge on any atom is 0.269 e. The summed E-state index contributed by atoms with van der Waals surface area (Å²) in [4.78, 5) is 12.4. The number of benzene rings is 1. The molecule has 110 valence electrons. The van der Waals surface area contributed by atoms with Gasteiger partial charge in [0.05, 0.1) is 5.56 Å². The number of carbonyl (C=O) groups is 1. The third-order valence-corrected chi connectivity index (χ3v) is 5.69. The van der Waals surface area contributed by atoms with Gasteiger partial charge in [-0.05, 0) is 25.5 Å². The Morgan fingerprint density at radius 1 is 1.15 bits per heavy atom. The lowest BCUT2D eigenvalue weighted by molar-refractivity contribution is 0.0834. The first-order valence-corrected chi connectivity index (χ1v) is 8.62. The van der Waals surface area contributed by atoms with Crippen LogP contribution in [-0.4, -0.2) is 24.7 Å². The molecule has 0 aliphatic carbocycles. The van der Waals surface area contributed by atoms with Gasteiger partial charge in [0.2, 0.25) is 0 Å². The van der Waals surface area contributed by atoms with Crippen LogP contribution < -0.4 is 0 Å². The van der Waals surface area contributed by atoms with E-state index in [9.17, 15) is 13.2 Å². The summed E-state index contributed by atoms with van der Waals surface area (Å²) in [5.41, 5.74) is 0.299. The normalized spacial score (nSPS) is 18.1. The minimum absolute atomic E-state index is 0.144. The minimum Gasteiger partial charge on any atom is -0.268 e. The molecule has 4 nitrogen and oxygen atoms in total. The summed E-state index contributed by atoms with van der Waals surface area (Å²) < 4.78 is 25.9. The van der Waals surface area contributed by atoms with Gasteiger partial charge in [0, 0.05) is 6.04 Å². The molecule has 0 aromatic heterocycles. The molecule has 0 bridgehead atoms. The molecule has 20 heavy (non-hydrogen) atoms. The molecule has 1 atom stereocenters. The average Bonchev–Trinajstić information content (AvgIpc) is 2.63. The van der Waals surface area contributed by atoms with Crippen LogP contribution in [0.4, 0.5) is 0 Å². The first-order valence-electron chi connectivity index (χ1n) is 7.18. The van der Waals surface area contributed by atoms with Crippen LogP contribution in [0.25, 0.3) is 0 Å². The van der Waals surface area contributed by atoms with Crippen LogP contribution in [0.1, 0.15) is 56.3 Å². The molecule has 1 unspecified atom stereocenters. The van der Waals surface area contributed by atoms with Crippen LogP contribution >= 0.6 is 0 Å². The number of sulfonamides is 1. The molecule has 2 rings (SSSR count). The average molecular weight is 295 g/mol. The van der Waals surface area contributed by atoms with Crippen molar-refractivity contribution in [3.63, 3.8) is 0 Å². The molecule has 0 radical (unpaired) electrons. The van der Waals surface area contributed by atoms with Crippen molar-refractivity contribution in [1.29, 1.82) is 0 Å². The maximum atomic E-state index is 12.4. The molecule has 5 heteroatoms. The van der Waals surface area contributed by atoms with E-state index in [1.54, 1.807) is 18.2 Å². The number of hydrogen-bond acceptors (Lipinski definition) is 3. The third-order valence-electron chi connectivity index (χ3n) is 3.73. The van der Waals surface area contributed by atoms with Gasteiger partial charge in [0.25, 0.3) is 15.9 Å². The molecule has 0 N–H and O–H groups in total. The van der Waals surface area contributed by atoms with E-state index in [1.807, 2.05) is 6.92 Å². The molecule has 0 fully saturated rings. The van der Waals surface area contributed by atoms with Gasteiger partial charge in [0.15, 0.2) is 0 Å². The minimum atomic E-state index is -3.65. The highest BCUT2D eigenvalue weighted by Crippen LogP contribution is 2.32. The van der Waals surface area contributed by atoms with Crippen LogP contribution in [-0.2, 0) is 10.0 Å². The van der Waals surface area contributed by atoms with Crippen LogP contribution in [0.3, 0.4) is 0 Å². The third kappa shape index (κ3) is 2.59. The lowest BCUT2D eigenvalue weighted by atomic mass is 10.1. The van der Waals surface area contributed by atoms with Gasteiger partial charge >= 0.3 is 0 Å². The van der Waals surface area contributed by atoms with Crippen molar-refractivity contribution in [2.24, 2.45) is 0 Å². The highest BCUT2D eigenvalue weighted by Gasteiger charge is 2.43. The van der Waals surface area contributed by atoms with Crippen LogP contribution in [0.2, 0.25) is 0 Å². The summed E-state index contributed by atoms with van der Waals surface area (Å²) >= 11 is 0. The summed E-state index contributed by atoms with van der Waals surface area (Å²) in [7, 11) is -3.65. The van der Waals surface area contributed by atoms with E-state index in [0.717, 1.165) is 36.4 Å². The Morgan fingerprint density at radius 2 is 1.85 bits per heavy atom. The van der Waals surface area contributed by atoms with E-state index in [-0.39, 0.29) is 16.8 Å². The number of rotatable bonds is 6. The number of amides is 1. The van der Waals surface area contributed by atoms with Crippen molar-refractivity contribution in [3.05, 3.63) is 29.8 Å². The fourth-order valence-electron chi connectivity index (χ4n) is 2.62. The zero-order valence-corrected chi connectivity index (χ0v) is 12.8. The topological polar surface area (TPSA) is 54.5 Å². The van der Waals surface area contributed by atoms with Gasteiger partial charge in [-0.3, -0.25) is 4.79 Å². The lowest BCUT2D eigenvalue weighted by Gasteiger charge is -2.23. The second-order valence-corrected chi connectivity index (χ2v) is 7.08. The fourth-order valence-corrected chi connectivity index (χ4v) is 4.41. The molecule has 1 aromatic rings. The summed E-state index contributed by atoms with van der Waals surface area (Å²) in [6.07, 6.45) is 5.04. The van der Waals surface area contributed by atoms with Gasteiger partial charge in [-0.2, -0.15) is 0 Å². The Morgan fingerprint density at radius 3 is 2.50 bits per heavy atom. The Hall–Kier alpha value is -1.36. The molecular formula is C15H21NO3S. The second kappa shape index (κ2) is 5.95. The molecule has 1 amide bonds. The van der Waals surface area contributed by atoms with Gasteiger partial charge in [-0.1, -0.05) is 44.7 Å². The molecule has 0 spiro atoms. The van der Waals surface area contributed by atoms with Crippen molar-refractivity contribution in [2.75, 3.05) is 0 Å². The van der Waals surface area contributed by atoms with Crippen molar-refractivity contribution < 1.29 is 13.2 Å². The molecule has 1 aromatic carbocycles.